The van der Waals surface area contributed by atoms with Gasteiger partial charge in [-0.05, 0) is 53.8 Å². The molecule has 0 aliphatic carbocycles. The van der Waals surface area contributed by atoms with Crippen LogP contribution in [0, 0.1) is 0 Å². The summed E-state index contributed by atoms with van der Waals surface area (Å²) in [5, 5.41) is 2.84. The Morgan fingerprint density at radius 3 is 2.41 bits per heavy atom. The number of amides is 2. The molecule has 0 fully saturated rings. The number of carbonyl (C=O) groups excluding carboxylic acids is 2. The monoisotopic (exact) mass is 385 g/mol. The number of rotatable bonds is 4. The third-order valence-electron chi connectivity index (χ3n) is 5.24. The molecule has 1 N–H and O–H groups in total. The molecule has 0 saturated carbocycles. The van der Waals surface area contributed by atoms with Crippen molar-refractivity contribution in [2.24, 2.45) is 0 Å². The maximum atomic E-state index is 12.9. The first kappa shape index (κ1) is 18.9. The summed E-state index contributed by atoms with van der Waals surface area (Å²) in [5.41, 5.74) is 4.88. The van der Waals surface area contributed by atoms with E-state index < -0.39 is 0 Å². The van der Waals surface area contributed by atoms with Gasteiger partial charge in [-0.2, -0.15) is 0 Å². The molecule has 146 valence electrons. The lowest BCUT2D eigenvalue weighted by atomic mass is 10.00. The van der Waals surface area contributed by atoms with E-state index >= 15 is 0 Å². The van der Waals surface area contributed by atoms with E-state index in [1.807, 2.05) is 36.4 Å². The van der Waals surface area contributed by atoms with Crippen LogP contribution in [0.25, 0.3) is 0 Å². The van der Waals surface area contributed by atoms with E-state index in [1.54, 1.807) is 23.1 Å². The van der Waals surface area contributed by atoms with Gasteiger partial charge in [0.1, 0.15) is 11.4 Å². The van der Waals surface area contributed by atoms with Crippen LogP contribution in [-0.4, -0.2) is 28.2 Å². The molecule has 1 aliphatic rings. The van der Waals surface area contributed by atoms with Crippen LogP contribution < -0.4 is 5.32 Å². The number of nitrogens with zero attached hydrogens (tertiary/aromatic N) is 2. The van der Waals surface area contributed by atoms with Crippen molar-refractivity contribution < 1.29 is 9.59 Å². The van der Waals surface area contributed by atoms with E-state index in [1.165, 1.54) is 11.1 Å². The zero-order valence-electron chi connectivity index (χ0n) is 16.4. The van der Waals surface area contributed by atoms with Crippen LogP contribution in [0.2, 0.25) is 0 Å². The van der Waals surface area contributed by atoms with Crippen LogP contribution >= 0.6 is 0 Å². The summed E-state index contributed by atoms with van der Waals surface area (Å²) in [6, 6.07) is 20.9. The van der Waals surface area contributed by atoms with E-state index in [4.69, 9.17) is 0 Å². The average molecular weight is 385 g/mol. The molecule has 2 aromatic carbocycles. The summed E-state index contributed by atoms with van der Waals surface area (Å²) in [6.45, 7) is 3.30. The highest BCUT2D eigenvalue weighted by atomic mass is 16.2. The molecule has 5 heteroatoms. The number of nitrogens with one attached hydrogen (secondary N) is 1. The van der Waals surface area contributed by atoms with Gasteiger partial charge in [0.05, 0.1) is 0 Å². The van der Waals surface area contributed by atoms with Crippen molar-refractivity contribution in [3.8, 4) is 0 Å². The summed E-state index contributed by atoms with van der Waals surface area (Å²) >= 11 is 0. The van der Waals surface area contributed by atoms with E-state index in [-0.39, 0.29) is 17.5 Å². The predicted molar refractivity (Wildman–Crippen MR) is 113 cm³/mol. The Morgan fingerprint density at radius 1 is 0.931 bits per heavy atom. The van der Waals surface area contributed by atoms with Crippen molar-refractivity contribution in [2.75, 3.05) is 11.9 Å². The van der Waals surface area contributed by atoms with Gasteiger partial charge in [-0.1, -0.05) is 49.4 Å². The second-order valence-corrected chi connectivity index (χ2v) is 7.16. The number of hydrogen-bond acceptors (Lipinski definition) is 3. The minimum absolute atomic E-state index is 0.151. The van der Waals surface area contributed by atoms with Crippen LogP contribution in [0.5, 0.6) is 0 Å². The van der Waals surface area contributed by atoms with Crippen LogP contribution in [-0.2, 0) is 19.4 Å². The van der Waals surface area contributed by atoms with Gasteiger partial charge in [0.15, 0.2) is 0 Å². The Kier molecular flexibility index (Phi) is 5.38. The molecular weight excluding hydrogens is 362 g/mol. The average Bonchev–Trinajstić information content (AvgIpc) is 2.79. The van der Waals surface area contributed by atoms with Crippen LogP contribution in [0.3, 0.4) is 0 Å². The maximum absolute atomic E-state index is 12.9. The van der Waals surface area contributed by atoms with E-state index in [2.05, 4.69) is 29.4 Å². The third kappa shape index (κ3) is 4.19. The van der Waals surface area contributed by atoms with Crippen molar-refractivity contribution in [2.45, 2.75) is 26.3 Å². The second-order valence-electron chi connectivity index (χ2n) is 7.16. The van der Waals surface area contributed by atoms with Crippen LogP contribution in [0.4, 0.5) is 5.69 Å². The number of aromatic nitrogens is 1. The van der Waals surface area contributed by atoms with Gasteiger partial charge in [0.25, 0.3) is 11.8 Å². The lowest BCUT2D eigenvalue weighted by molar-refractivity contribution is 0.0728. The second kappa shape index (κ2) is 8.27. The first-order chi connectivity index (χ1) is 14.1. The zero-order valence-corrected chi connectivity index (χ0v) is 16.4. The summed E-state index contributed by atoms with van der Waals surface area (Å²) < 4.78 is 0. The fourth-order valence-electron chi connectivity index (χ4n) is 3.53. The van der Waals surface area contributed by atoms with Gasteiger partial charge >= 0.3 is 0 Å². The largest absolute Gasteiger partial charge is 0.333 e. The minimum Gasteiger partial charge on any atom is -0.333 e. The Morgan fingerprint density at radius 2 is 1.66 bits per heavy atom. The molecule has 0 saturated heterocycles. The standard InChI is InChI=1S/C24H23N3O2/c1-2-17-10-12-20(13-11-17)25-23(28)21-8-5-9-22(26-21)24(29)27-15-14-18-6-3-4-7-19(18)16-27/h3-13H,2,14-16H2,1H3,(H,25,28). The molecule has 0 atom stereocenters. The molecule has 2 heterocycles. The lowest BCUT2D eigenvalue weighted by Gasteiger charge is -2.28. The van der Waals surface area contributed by atoms with E-state index in [9.17, 15) is 9.59 Å². The summed E-state index contributed by atoms with van der Waals surface area (Å²) in [6.07, 6.45) is 1.77. The number of carbonyl (C=O) groups is 2. The van der Waals surface area contributed by atoms with Crippen molar-refractivity contribution in [1.29, 1.82) is 0 Å². The molecule has 0 unspecified atom stereocenters. The molecule has 2 amide bonds. The molecule has 3 aromatic rings. The van der Waals surface area contributed by atoms with Crippen molar-refractivity contribution in [3.05, 3.63) is 94.8 Å². The molecule has 1 aromatic heterocycles. The van der Waals surface area contributed by atoms with Crippen LogP contribution in [0.1, 0.15) is 44.6 Å². The lowest BCUT2D eigenvalue weighted by Crippen LogP contribution is -2.36. The van der Waals surface area contributed by atoms with E-state index in [0.717, 1.165) is 18.4 Å². The molecule has 29 heavy (non-hydrogen) atoms. The van der Waals surface area contributed by atoms with Crippen molar-refractivity contribution in [3.63, 3.8) is 0 Å². The Hall–Kier alpha value is -3.47. The molecule has 4 rings (SSSR count). The highest BCUT2D eigenvalue weighted by Gasteiger charge is 2.23. The fraction of sp³-hybridized carbons (Fsp3) is 0.208. The predicted octanol–water partition coefficient (Wildman–Crippen LogP) is 4.09. The number of hydrogen-bond donors (Lipinski definition) is 1. The SMILES string of the molecule is CCc1ccc(NC(=O)c2cccc(C(=O)N3CCc4ccccc4C3)n2)cc1. The first-order valence-corrected chi connectivity index (χ1v) is 9.87. The van der Waals surface area contributed by atoms with Crippen molar-refractivity contribution in [1.82, 2.24) is 9.88 Å². The molecule has 0 spiro atoms. The number of fused-ring (bicyclic) bond motifs is 1. The van der Waals surface area contributed by atoms with Gasteiger partial charge in [-0.3, -0.25) is 9.59 Å². The molecule has 0 radical (unpaired) electrons. The number of benzene rings is 2. The minimum atomic E-state index is -0.326. The first-order valence-electron chi connectivity index (χ1n) is 9.87. The Bertz CT molecular complexity index is 1040. The fourth-order valence-corrected chi connectivity index (χ4v) is 3.53. The quantitative estimate of drug-likeness (QED) is 0.736. The van der Waals surface area contributed by atoms with Gasteiger partial charge in [0, 0.05) is 18.8 Å². The highest BCUT2D eigenvalue weighted by molar-refractivity contribution is 6.03. The smallest absolute Gasteiger partial charge is 0.274 e. The van der Waals surface area contributed by atoms with Gasteiger partial charge in [-0.25, -0.2) is 4.98 Å². The Labute approximate surface area is 170 Å². The number of aryl methyl sites for hydroxylation is 1. The number of anilines is 1. The van der Waals surface area contributed by atoms with Gasteiger partial charge in [0.2, 0.25) is 0 Å². The zero-order chi connectivity index (χ0) is 20.2. The normalized spacial score (nSPS) is 12.9. The molecular formula is C24H23N3O2. The highest BCUT2D eigenvalue weighted by Crippen LogP contribution is 2.20. The summed E-state index contributed by atoms with van der Waals surface area (Å²) in [5.74, 6) is -0.477. The summed E-state index contributed by atoms with van der Waals surface area (Å²) in [4.78, 5) is 31.6. The molecule has 5 nitrogen and oxygen atoms in total. The van der Waals surface area contributed by atoms with Gasteiger partial charge in [-0.15, -0.1) is 0 Å². The van der Waals surface area contributed by atoms with Gasteiger partial charge < -0.3 is 10.2 Å². The van der Waals surface area contributed by atoms with E-state index in [0.29, 0.717) is 24.5 Å². The Balaban J connectivity index is 1.48. The molecule has 1 aliphatic heterocycles. The third-order valence-corrected chi connectivity index (χ3v) is 5.24. The van der Waals surface area contributed by atoms with Crippen molar-refractivity contribution >= 4 is 17.5 Å². The molecule has 0 bridgehead atoms. The van der Waals surface area contributed by atoms with Crippen LogP contribution in [0.15, 0.2) is 66.7 Å². The summed E-state index contributed by atoms with van der Waals surface area (Å²) in [7, 11) is 0. The topological polar surface area (TPSA) is 62.3 Å². The maximum Gasteiger partial charge on any atom is 0.274 e. The number of pyridine rings is 1.